The van der Waals surface area contributed by atoms with Gasteiger partial charge in [-0.05, 0) is 48.1 Å². The molecule has 3 nitrogen and oxygen atoms in total. The third-order valence-electron chi connectivity index (χ3n) is 4.09. The number of aliphatic hydroxyl groups excluding tert-OH is 2. The van der Waals surface area contributed by atoms with Gasteiger partial charge in [-0.2, -0.15) is 0 Å². The zero-order valence-corrected chi connectivity index (χ0v) is 14.4. The van der Waals surface area contributed by atoms with Gasteiger partial charge in [0, 0.05) is 25.9 Å². The van der Waals surface area contributed by atoms with Gasteiger partial charge >= 0.3 is 0 Å². The predicted molar refractivity (Wildman–Crippen MR) is 102 cm³/mol. The molecule has 0 bridgehead atoms. The molecule has 0 saturated heterocycles. The van der Waals surface area contributed by atoms with Crippen LogP contribution in [-0.2, 0) is 6.42 Å². The van der Waals surface area contributed by atoms with Crippen LogP contribution in [0.1, 0.15) is 29.5 Å². The van der Waals surface area contributed by atoms with Crippen LogP contribution in [0.15, 0.2) is 48.5 Å². The molecule has 0 spiro atoms. The van der Waals surface area contributed by atoms with E-state index >= 15 is 0 Å². The van der Waals surface area contributed by atoms with Crippen molar-refractivity contribution in [2.24, 2.45) is 0 Å². The Morgan fingerprint density at radius 3 is 1.92 bits per heavy atom. The Balaban J connectivity index is 1.92. The average Bonchev–Trinajstić information content (AvgIpc) is 2.62. The first-order valence-electron chi connectivity index (χ1n) is 8.53. The standard InChI is InChI=1S/C21H27NO2/c1-22(15-17-24)21-13-11-20(12-14-21)10-9-19-7-5-18(6-8-19)4-2-3-16-23/h5-14,23-24H,2-4,15-17H2,1H3. The SMILES string of the molecule is CN(CCO)c1ccc(C=Cc2ccc(CCCCO)cc2)cc1. The van der Waals surface area contributed by atoms with Crippen LogP contribution in [0.2, 0.25) is 0 Å². The van der Waals surface area contributed by atoms with E-state index in [0.29, 0.717) is 6.54 Å². The Kier molecular flexibility index (Phi) is 7.53. The highest BCUT2D eigenvalue weighted by atomic mass is 16.3. The second-order valence-electron chi connectivity index (χ2n) is 5.99. The first-order chi connectivity index (χ1) is 11.7. The van der Waals surface area contributed by atoms with Crippen molar-refractivity contribution >= 4 is 17.8 Å². The van der Waals surface area contributed by atoms with Gasteiger partial charge in [-0.25, -0.2) is 0 Å². The van der Waals surface area contributed by atoms with E-state index in [1.807, 2.05) is 11.9 Å². The van der Waals surface area contributed by atoms with Crippen molar-refractivity contribution in [2.45, 2.75) is 19.3 Å². The van der Waals surface area contributed by atoms with Gasteiger partial charge in [0.1, 0.15) is 0 Å². The van der Waals surface area contributed by atoms with E-state index in [4.69, 9.17) is 10.2 Å². The number of aryl methyl sites for hydroxylation is 1. The highest BCUT2D eigenvalue weighted by Gasteiger charge is 1.99. The number of hydrogen-bond donors (Lipinski definition) is 2. The monoisotopic (exact) mass is 325 g/mol. The minimum absolute atomic E-state index is 0.161. The van der Waals surface area contributed by atoms with Gasteiger partial charge < -0.3 is 15.1 Å². The zero-order valence-electron chi connectivity index (χ0n) is 14.4. The molecule has 0 fully saturated rings. The molecule has 0 aliphatic rings. The second kappa shape index (κ2) is 9.91. The summed E-state index contributed by atoms with van der Waals surface area (Å²) in [7, 11) is 1.98. The molecule has 0 aromatic heterocycles. The van der Waals surface area contributed by atoms with E-state index in [-0.39, 0.29) is 13.2 Å². The van der Waals surface area contributed by atoms with Gasteiger partial charge in [-0.15, -0.1) is 0 Å². The molecule has 0 amide bonds. The quantitative estimate of drug-likeness (QED) is 0.547. The van der Waals surface area contributed by atoms with Crippen molar-refractivity contribution in [1.82, 2.24) is 0 Å². The van der Waals surface area contributed by atoms with E-state index in [0.717, 1.165) is 30.5 Å². The molecule has 0 atom stereocenters. The van der Waals surface area contributed by atoms with Crippen LogP contribution in [0.4, 0.5) is 5.69 Å². The number of benzene rings is 2. The molecule has 0 radical (unpaired) electrons. The van der Waals surface area contributed by atoms with Crippen molar-refractivity contribution in [3.63, 3.8) is 0 Å². The molecule has 0 unspecified atom stereocenters. The lowest BCUT2D eigenvalue weighted by Gasteiger charge is -2.17. The van der Waals surface area contributed by atoms with Crippen LogP contribution < -0.4 is 4.90 Å². The Labute approximate surface area is 144 Å². The van der Waals surface area contributed by atoms with E-state index in [1.54, 1.807) is 0 Å². The Morgan fingerprint density at radius 2 is 1.38 bits per heavy atom. The van der Waals surface area contributed by atoms with Crippen molar-refractivity contribution in [3.8, 4) is 0 Å². The van der Waals surface area contributed by atoms with Gasteiger partial charge in [0.25, 0.3) is 0 Å². The summed E-state index contributed by atoms with van der Waals surface area (Å²) in [5.74, 6) is 0. The third kappa shape index (κ3) is 5.84. The number of anilines is 1. The third-order valence-corrected chi connectivity index (χ3v) is 4.09. The normalized spacial score (nSPS) is 11.1. The van der Waals surface area contributed by atoms with Crippen molar-refractivity contribution < 1.29 is 10.2 Å². The number of aliphatic hydroxyl groups is 2. The van der Waals surface area contributed by atoms with Crippen LogP contribution in [-0.4, -0.2) is 37.0 Å². The number of likely N-dealkylation sites (N-methyl/N-ethyl adjacent to an activating group) is 1. The molecule has 0 heterocycles. The molecule has 24 heavy (non-hydrogen) atoms. The minimum Gasteiger partial charge on any atom is -0.396 e. The molecule has 0 aliphatic carbocycles. The van der Waals surface area contributed by atoms with Crippen LogP contribution in [0.5, 0.6) is 0 Å². The molecule has 2 N–H and O–H groups in total. The number of rotatable bonds is 9. The Morgan fingerprint density at radius 1 is 0.792 bits per heavy atom. The summed E-state index contributed by atoms with van der Waals surface area (Å²) >= 11 is 0. The fraction of sp³-hybridized carbons (Fsp3) is 0.333. The summed E-state index contributed by atoms with van der Waals surface area (Å²) < 4.78 is 0. The highest BCUT2D eigenvalue weighted by Crippen LogP contribution is 2.16. The summed E-state index contributed by atoms with van der Waals surface area (Å²) in [6.07, 6.45) is 7.14. The molecule has 128 valence electrons. The molecular formula is C21H27NO2. The van der Waals surface area contributed by atoms with E-state index in [2.05, 4.69) is 60.7 Å². The maximum absolute atomic E-state index is 8.98. The van der Waals surface area contributed by atoms with E-state index in [1.165, 1.54) is 11.1 Å². The largest absolute Gasteiger partial charge is 0.396 e. The van der Waals surface area contributed by atoms with Crippen LogP contribution in [0.25, 0.3) is 12.2 Å². The Bertz CT molecular complexity index is 617. The summed E-state index contributed by atoms with van der Waals surface area (Å²) in [6.45, 7) is 1.07. The number of unbranched alkanes of at least 4 members (excludes halogenated alkanes) is 1. The summed E-state index contributed by atoms with van der Waals surface area (Å²) in [5, 5.41) is 17.8. The van der Waals surface area contributed by atoms with Crippen LogP contribution >= 0.6 is 0 Å². The average molecular weight is 325 g/mol. The molecule has 2 rings (SSSR count). The topological polar surface area (TPSA) is 43.7 Å². The van der Waals surface area contributed by atoms with E-state index in [9.17, 15) is 0 Å². The number of hydrogen-bond acceptors (Lipinski definition) is 3. The molecule has 2 aromatic rings. The smallest absolute Gasteiger partial charge is 0.0606 e. The van der Waals surface area contributed by atoms with Crippen molar-refractivity contribution in [2.75, 3.05) is 31.7 Å². The van der Waals surface area contributed by atoms with Gasteiger partial charge in [-0.3, -0.25) is 0 Å². The first-order valence-corrected chi connectivity index (χ1v) is 8.53. The molecule has 0 saturated carbocycles. The lowest BCUT2D eigenvalue weighted by Crippen LogP contribution is -2.20. The maximum Gasteiger partial charge on any atom is 0.0606 e. The molecule has 2 aromatic carbocycles. The van der Waals surface area contributed by atoms with E-state index < -0.39 is 0 Å². The van der Waals surface area contributed by atoms with Gasteiger partial charge in [0.2, 0.25) is 0 Å². The highest BCUT2D eigenvalue weighted by molar-refractivity contribution is 5.70. The van der Waals surface area contributed by atoms with Gasteiger partial charge in [-0.1, -0.05) is 48.6 Å². The first kappa shape index (κ1) is 18.2. The molecule has 3 heteroatoms. The fourth-order valence-corrected chi connectivity index (χ4v) is 2.55. The van der Waals surface area contributed by atoms with Crippen LogP contribution in [0.3, 0.4) is 0 Å². The minimum atomic E-state index is 0.161. The zero-order chi connectivity index (χ0) is 17.2. The van der Waals surface area contributed by atoms with Gasteiger partial charge in [0.05, 0.1) is 6.61 Å². The fourth-order valence-electron chi connectivity index (χ4n) is 2.55. The lowest BCUT2D eigenvalue weighted by molar-refractivity contribution is 0.284. The summed E-state index contributed by atoms with van der Waals surface area (Å²) in [5.41, 5.74) is 4.76. The summed E-state index contributed by atoms with van der Waals surface area (Å²) in [6, 6.07) is 16.9. The summed E-state index contributed by atoms with van der Waals surface area (Å²) in [4.78, 5) is 2.03. The van der Waals surface area contributed by atoms with Gasteiger partial charge in [0.15, 0.2) is 0 Å². The predicted octanol–water partition coefficient (Wildman–Crippen LogP) is 3.60. The Hall–Kier alpha value is -2.10. The number of nitrogens with zero attached hydrogens (tertiary/aromatic N) is 1. The second-order valence-corrected chi connectivity index (χ2v) is 5.99. The lowest BCUT2D eigenvalue weighted by atomic mass is 10.1. The van der Waals surface area contributed by atoms with Crippen molar-refractivity contribution in [3.05, 3.63) is 65.2 Å². The molecular weight excluding hydrogens is 298 g/mol. The van der Waals surface area contributed by atoms with Crippen LogP contribution in [0, 0.1) is 0 Å². The maximum atomic E-state index is 8.98. The van der Waals surface area contributed by atoms with Crippen molar-refractivity contribution in [1.29, 1.82) is 0 Å². The molecule has 0 aliphatic heterocycles.